The summed E-state index contributed by atoms with van der Waals surface area (Å²) in [7, 11) is 0. The van der Waals surface area contributed by atoms with Gasteiger partial charge in [0.2, 0.25) is 0 Å². The van der Waals surface area contributed by atoms with Gasteiger partial charge in [-0.15, -0.1) is 6.42 Å². The summed E-state index contributed by atoms with van der Waals surface area (Å²) in [5.41, 5.74) is 4.74. The molecule has 1 aromatic carbocycles. The molecule has 0 aliphatic rings. The van der Waals surface area contributed by atoms with Crippen LogP contribution in [0.15, 0.2) is 65.3 Å². The zero-order chi connectivity index (χ0) is 17.1. The molecule has 0 radical (unpaired) electrons. The van der Waals surface area contributed by atoms with Crippen molar-refractivity contribution in [1.82, 2.24) is 0 Å². The van der Waals surface area contributed by atoms with Gasteiger partial charge in [-0.05, 0) is 57.7 Å². The van der Waals surface area contributed by atoms with Gasteiger partial charge >= 0.3 is 0 Å². The monoisotopic (exact) mass is 308 g/mol. The number of benzene rings is 1. The molecule has 0 amide bonds. The average molecular weight is 308 g/mol. The van der Waals surface area contributed by atoms with Crippen LogP contribution in [0.4, 0.5) is 0 Å². The van der Waals surface area contributed by atoms with Gasteiger partial charge in [0, 0.05) is 0 Å². The number of allylic oxidation sites excluding steroid dienone is 4. The zero-order valence-electron chi connectivity index (χ0n) is 14.8. The Hall–Kier alpha value is -2.04. The van der Waals surface area contributed by atoms with Crippen LogP contribution in [0, 0.1) is 12.3 Å². The highest BCUT2D eigenvalue weighted by atomic mass is 16.5. The highest BCUT2D eigenvalue weighted by Gasteiger charge is 2.08. The lowest BCUT2D eigenvalue weighted by Gasteiger charge is -2.14. The Kier molecular flexibility index (Phi) is 8.80. The summed E-state index contributed by atoms with van der Waals surface area (Å²) in [5, 5.41) is 0. The van der Waals surface area contributed by atoms with Crippen molar-refractivity contribution in [2.45, 2.75) is 46.6 Å². The zero-order valence-corrected chi connectivity index (χ0v) is 14.8. The van der Waals surface area contributed by atoms with Crippen LogP contribution in [0.2, 0.25) is 0 Å². The maximum absolute atomic E-state index is 6.03. The summed E-state index contributed by atoms with van der Waals surface area (Å²) < 4.78 is 6.03. The van der Waals surface area contributed by atoms with E-state index in [4.69, 9.17) is 11.2 Å². The molecule has 0 aromatic heterocycles. The van der Waals surface area contributed by atoms with Gasteiger partial charge in [0.25, 0.3) is 0 Å². The Balaban J connectivity index is 2.65. The van der Waals surface area contributed by atoms with Crippen molar-refractivity contribution >= 4 is 0 Å². The minimum atomic E-state index is -0.103. The van der Waals surface area contributed by atoms with Crippen LogP contribution in [-0.4, -0.2) is 6.61 Å². The van der Waals surface area contributed by atoms with Gasteiger partial charge in [0.05, 0.1) is 6.61 Å². The minimum absolute atomic E-state index is 0.103. The number of rotatable bonds is 8. The van der Waals surface area contributed by atoms with Crippen molar-refractivity contribution < 1.29 is 4.74 Å². The molecule has 0 bridgehead atoms. The van der Waals surface area contributed by atoms with Crippen molar-refractivity contribution in [2.75, 3.05) is 6.61 Å². The molecule has 0 aliphatic heterocycles. The predicted molar refractivity (Wildman–Crippen MR) is 100 cm³/mol. The van der Waals surface area contributed by atoms with E-state index in [1.54, 1.807) is 0 Å². The SMILES string of the molecule is C#C/C(C)=C\C(OC/C=C(\C)CCC=C(C)C)c1ccccc1. The quantitative estimate of drug-likeness (QED) is 0.421. The number of hydrogen-bond donors (Lipinski definition) is 0. The van der Waals surface area contributed by atoms with Crippen LogP contribution in [-0.2, 0) is 4.74 Å². The van der Waals surface area contributed by atoms with E-state index in [2.05, 4.69) is 51.0 Å². The Bertz CT molecular complexity index is 593. The van der Waals surface area contributed by atoms with Crippen molar-refractivity contribution in [3.63, 3.8) is 0 Å². The predicted octanol–water partition coefficient (Wildman–Crippen LogP) is 6.02. The second kappa shape index (κ2) is 10.6. The van der Waals surface area contributed by atoms with E-state index >= 15 is 0 Å². The van der Waals surface area contributed by atoms with Crippen molar-refractivity contribution in [3.05, 3.63) is 70.8 Å². The summed E-state index contributed by atoms with van der Waals surface area (Å²) in [6, 6.07) is 10.2. The van der Waals surface area contributed by atoms with Crippen LogP contribution >= 0.6 is 0 Å². The second-order valence-corrected chi connectivity index (χ2v) is 6.03. The van der Waals surface area contributed by atoms with E-state index in [0.717, 1.165) is 24.0 Å². The molecule has 23 heavy (non-hydrogen) atoms. The van der Waals surface area contributed by atoms with Crippen LogP contribution in [0.1, 0.15) is 52.2 Å². The fourth-order valence-electron chi connectivity index (χ4n) is 2.14. The summed E-state index contributed by atoms with van der Waals surface area (Å²) in [6.07, 6.45) is 14.0. The Morgan fingerprint density at radius 2 is 1.83 bits per heavy atom. The van der Waals surface area contributed by atoms with Gasteiger partial charge in [-0.2, -0.15) is 0 Å². The molecule has 0 spiro atoms. The molecule has 1 unspecified atom stereocenters. The molecule has 1 heteroatoms. The average Bonchev–Trinajstić information content (AvgIpc) is 2.54. The maximum atomic E-state index is 6.03. The summed E-state index contributed by atoms with van der Waals surface area (Å²) in [5.74, 6) is 2.66. The third-order valence-electron chi connectivity index (χ3n) is 3.56. The second-order valence-electron chi connectivity index (χ2n) is 6.03. The third-order valence-corrected chi connectivity index (χ3v) is 3.56. The van der Waals surface area contributed by atoms with Crippen LogP contribution in [0.5, 0.6) is 0 Å². The molecule has 122 valence electrons. The summed E-state index contributed by atoms with van der Waals surface area (Å²) in [6.45, 7) is 8.94. The molecular weight excluding hydrogens is 280 g/mol. The minimum Gasteiger partial charge on any atom is -0.365 e. The molecule has 0 saturated heterocycles. The fourth-order valence-corrected chi connectivity index (χ4v) is 2.14. The first-order valence-electron chi connectivity index (χ1n) is 8.13. The van der Waals surface area contributed by atoms with Gasteiger partial charge in [-0.1, -0.05) is 59.6 Å². The van der Waals surface area contributed by atoms with Gasteiger partial charge in [-0.3, -0.25) is 0 Å². The summed E-state index contributed by atoms with van der Waals surface area (Å²) >= 11 is 0. The smallest absolute Gasteiger partial charge is 0.102 e. The molecule has 1 atom stereocenters. The molecule has 1 rings (SSSR count). The number of ether oxygens (including phenoxy) is 1. The first-order chi connectivity index (χ1) is 11.0. The molecule has 0 aliphatic carbocycles. The molecule has 1 aromatic rings. The Morgan fingerprint density at radius 3 is 2.43 bits per heavy atom. The molecule has 0 saturated carbocycles. The molecule has 1 nitrogen and oxygen atoms in total. The van der Waals surface area contributed by atoms with E-state index in [0.29, 0.717) is 6.61 Å². The Labute approximate surface area is 141 Å². The lowest BCUT2D eigenvalue weighted by atomic mass is 10.1. The Morgan fingerprint density at radius 1 is 1.13 bits per heavy atom. The molecular formula is C22H28O. The number of terminal acetylenes is 1. The van der Waals surface area contributed by atoms with Crippen molar-refractivity contribution in [2.24, 2.45) is 0 Å². The lowest BCUT2D eigenvalue weighted by molar-refractivity contribution is 0.109. The lowest BCUT2D eigenvalue weighted by Crippen LogP contribution is -2.03. The van der Waals surface area contributed by atoms with Crippen LogP contribution < -0.4 is 0 Å². The molecule has 0 fully saturated rings. The molecule has 0 heterocycles. The van der Waals surface area contributed by atoms with Crippen LogP contribution in [0.3, 0.4) is 0 Å². The van der Waals surface area contributed by atoms with Crippen LogP contribution in [0.25, 0.3) is 0 Å². The van der Waals surface area contributed by atoms with E-state index in [1.807, 2.05) is 31.2 Å². The maximum Gasteiger partial charge on any atom is 0.102 e. The van der Waals surface area contributed by atoms with E-state index in [9.17, 15) is 0 Å². The largest absolute Gasteiger partial charge is 0.365 e. The molecule has 0 N–H and O–H groups in total. The van der Waals surface area contributed by atoms with E-state index in [-0.39, 0.29) is 6.10 Å². The standard InChI is InChI=1S/C22H28O/c1-6-19(4)17-22(21-13-8-7-9-14-21)23-16-15-20(5)12-10-11-18(2)3/h1,7-9,11,13-15,17,22H,10,12,16H2,2-5H3/b19-17-,20-15+. The van der Waals surface area contributed by atoms with Gasteiger partial charge < -0.3 is 4.74 Å². The first-order valence-corrected chi connectivity index (χ1v) is 8.13. The topological polar surface area (TPSA) is 9.23 Å². The third kappa shape index (κ3) is 8.24. The van der Waals surface area contributed by atoms with Crippen molar-refractivity contribution in [1.29, 1.82) is 0 Å². The number of hydrogen-bond acceptors (Lipinski definition) is 1. The van der Waals surface area contributed by atoms with Crippen molar-refractivity contribution in [3.8, 4) is 12.3 Å². The first kappa shape index (κ1) is 19.0. The van der Waals surface area contributed by atoms with Gasteiger partial charge in [0.1, 0.15) is 6.10 Å². The van der Waals surface area contributed by atoms with E-state index in [1.165, 1.54) is 11.1 Å². The highest BCUT2D eigenvalue weighted by Crippen LogP contribution is 2.20. The van der Waals surface area contributed by atoms with Gasteiger partial charge in [-0.25, -0.2) is 0 Å². The highest BCUT2D eigenvalue weighted by molar-refractivity contribution is 5.29. The summed E-state index contributed by atoms with van der Waals surface area (Å²) in [4.78, 5) is 0. The fraction of sp³-hybridized carbons (Fsp3) is 0.364. The van der Waals surface area contributed by atoms with E-state index < -0.39 is 0 Å². The normalized spacial score (nSPS) is 13.3. The van der Waals surface area contributed by atoms with Gasteiger partial charge in [0.15, 0.2) is 0 Å².